The predicted octanol–water partition coefficient (Wildman–Crippen LogP) is 7.06. The quantitative estimate of drug-likeness (QED) is 0.232. The average molecular weight is 457 g/mol. The molecule has 1 saturated heterocycles. The van der Waals surface area contributed by atoms with Crippen molar-refractivity contribution in [2.45, 2.75) is 110 Å². The second kappa shape index (κ2) is 10.2. The maximum Gasteiger partial charge on any atom is 0.490 e. The maximum atomic E-state index is 13.0. The van der Waals surface area contributed by atoms with Crippen LogP contribution in [0.15, 0.2) is 43.0 Å². The summed E-state index contributed by atoms with van der Waals surface area (Å²) in [7, 11) is -0.744. The first-order chi connectivity index (χ1) is 15.2. The van der Waals surface area contributed by atoms with Gasteiger partial charge >= 0.3 is 13.2 Å². The van der Waals surface area contributed by atoms with Crippen molar-refractivity contribution in [3.63, 3.8) is 0 Å². The van der Waals surface area contributed by atoms with E-state index in [0.29, 0.717) is 0 Å². The molecule has 0 aliphatic carbocycles. The molecule has 1 aromatic rings. The van der Waals surface area contributed by atoms with Gasteiger partial charge < -0.3 is 14.4 Å². The number of hydrogen-bond acceptors (Lipinski definition) is 3. The number of amides is 1. The van der Waals surface area contributed by atoms with Gasteiger partial charge in [-0.15, -0.1) is 6.58 Å². The van der Waals surface area contributed by atoms with Gasteiger partial charge in [0.1, 0.15) is 5.44 Å². The summed E-state index contributed by atoms with van der Waals surface area (Å²) < 4.78 is 13.0. The van der Waals surface area contributed by atoms with Gasteiger partial charge in [0.2, 0.25) is 0 Å². The van der Waals surface area contributed by atoms with E-state index in [1.807, 2.05) is 71.0 Å². The lowest BCUT2D eigenvalue weighted by Gasteiger charge is -2.49. The molecule has 0 spiro atoms. The zero-order chi connectivity index (χ0) is 25.1. The monoisotopic (exact) mass is 457 g/mol. The van der Waals surface area contributed by atoms with Crippen LogP contribution in [0.1, 0.15) is 93.1 Å². The number of benzene rings is 1. The molecule has 1 amide bonds. The van der Waals surface area contributed by atoms with Crippen molar-refractivity contribution in [2.24, 2.45) is 5.41 Å². The van der Waals surface area contributed by atoms with Gasteiger partial charge in [-0.05, 0) is 64.9 Å². The third-order valence-corrected chi connectivity index (χ3v) is 7.47. The summed E-state index contributed by atoms with van der Waals surface area (Å²) in [6, 6.07) is 9.57. The average Bonchev–Trinajstić information content (AvgIpc) is 2.93. The first-order valence-corrected chi connectivity index (χ1v) is 12.2. The Kier molecular flexibility index (Phi) is 8.51. The van der Waals surface area contributed by atoms with E-state index in [1.165, 1.54) is 0 Å². The second-order valence-electron chi connectivity index (χ2n) is 11.6. The Morgan fingerprint density at radius 2 is 1.61 bits per heavy atom. The number of carbonyl (C=O) groups is 1. The van der Waals surface area contributed by atoms with Crippen LogP contribution < -0.4 is 0 Å². The van der Waals surface area contributed by atoms with Crippen LogP contribution in [-0.4, -0.2) is 40.5 Å². The Balaban J connectivity index is 2.57. The molecule has 1 aliphatic rings. The van der Waals surface area contributed by atoms with Crippen molar-refractivity contribution >= 4 is 13.2 Å². The van der Waals surface area contributed by atoms with Crippen molar-refractivity contribution in [2.75, 3.05) is 0 Å². The summed E-state index contributed by atoms with van der Waals surface area (Å²) in [5.41, 5.74) is -1.57. The fourth-order valence-electron chi connectivity index (χ4n) is 4.65. The molecule has 5 nitrogen and oxygen atoms in total. The summed E-state index contributed by atoms with van der Waals surface area (Å²) in [4.78, 5) is 14.6. The summed E-state index contributed by atoms with van der Waals surface area (Å²) in [6.07, 6.45) is 5.81. The molecule has 1 fully saturated rings. The maximum absolute atomic E-state index is 13.0. The molecular formula is C27H44BNO4. The molecule has 6 heteroatoms. The molecule has 33 heavy (non-hydrogen) atoms. The highest BCUT2D eigenvalue weighted by molar-refractivity contribution is 6.49. The number of nitrogens with zero attached hydrogens (tertiary/aromatic N) is 1. The van der Waals surface area contributed by atoms with E-state index < -0.39 is 29.9 Å². The Hall–Kier alpha value is -1.79. The molecule has 1 N–H and O–H groups in total. The van der Waals surface area contributed by atoms with E-state index in [9.17, 15) is 9.90 Å². The van der Waals surface area contributed by atoms with Crippen molar-refractivity contribution < 1.29 is 19.2 Å². The standard InChI is InChI=1S/C27H44BNO4/c1-10-11-12-13-17-20-22(24(2,3)4)29(23(30)31)27(9,21-18-15-14-16-19-21)28-32-25(5,6)26(7,8)33-28/h10,14-16,18-19,22H,1,11-13,17,20H2,2-9H3,(H,30,31). The lowest BCUT2D eigenvalue weighted by atomic mass is 9.59. The van der Waals surface area contributed by atoms with Crippen molar-refractivity contribution in [3.05, 3.63) is 48.6 Å². The van der Waals surface area contributed by atoms with E-state index in [-0.39, 0.29) is 11.5 Å². The van der Waals surface area contributed by atoms with Crippen LogP contribution in [0.4, 0.5) is 4.79 Å². The Morgan fingerprint density at radius 1 is 1.06 bits per heavy atom. The van der Waals surface area contributed by atoms with Crippen LogP contribution in [0.3, 0.4) is 0 Å². The molecule has 1 heterocycles. The molecule has 1 aliphatic heterocycles. The van der Waals surface area contributed by atoms with E-state index in [0.717, 1.165) is 37.7 Å². The number of hydrogen-bond donors (Lipinski definition) is 1. The molecule has 1 aromatic carbocycles. The first kappa shape index (κ1) is 27.5. The van der Waals surface area contributed by atoms with E-state index >= 15 is 0 Å². The van der Waals surface area contributed by atoms with Gasteiger partial charge in [0.15, 0.2) is 0 Å². The molecular weight excluding hydrogens is 413 g/mol. The van der Waals surface area contributed by atoms with Crippen molar-refractivity contribution in [1.82, 2.24) is 4.90 Å². The Labute approximate surface area is 201 Å². The zero-order valence-electron chi connectivity index (χ0n) is 22.0. The number of rotatable bonds is 10. The molecule has 2 atom stereocenters. The Morgan fingerprint density at radius 3 is 2.06 bits per heavy atom. The first-order valence-electron chi connectivity index (χ1n) is 12.2. The summed E-state index contributed by atoms with van der Waals surface area (Å²) >= 11 is 0. The van der Waals surface area contributed by atoms with Gasteiger partial charge in [0, 0.05) is 6.04 Å². The van der Waals surface area contributed by atoms with Crippen molar-refractivity contribution in [1.29, 1.82) is 0 Å². The highest BCUT2D eigenvalue weighted by Gasteiger charge is 2.63. The predicted molar refractivity (Wildman–Crippen MR) is 136 cm³/mol. The van der Waals surface area contributed by atoms with Crippen LogP contribution in [0.25, 0.3) is 0 Å². The van der Waals surface area contributed by atoms with E-state index in [1.54, 1.807) is 4.90 Å². The third kappa shape index (κ3) is 5.83. The number of allylic oxidation sites excluding steroid dienone is 1. The summed E-state index contributed by atoms with van der Waals surface area (Å²) in [6.45, 7) is 20.1. The fraction of sp³-hybridized carbons (Fsp3) is 0.667. The molecule has 0 saturated carbocycles. The molecule has 0 bridgehead atoms. The highest BCUT2D eigenvalue weighted by atomic mass is 16.7. The smallest absolute Gasteiger partial charge is 0.465 e. The van der Waals surface area contributed by atoms with E-state index in [2.05, 4.69) is 27.4 Å². The number of carboxylic acid groups (broad SMARTS) is 1. The van der Waals surface area contributed by atoms with E-state index in [4.69, 9.17) is 9.31 Å². The fourth-order valence-corrected chi connectivity index (χ4v) is 4.65. The van der Waals surface area contributed by atoms with Crippen LogP contribution >= 0.6 is 0 Å². The van der Waals surface area contributed by atoms with Crippen molar-refractivity contribution in [3.8, 4) is 0 Å². The summed E-state index contributed by atoms with van der Waals surface area (Å²) in [5.74, 6) is 0. The lowest BCUT2D eigenvalue weighted by molar-refractivity contribution is 0.00578. The Bertz CT molecular complexity index is 786. The molecule has 0 aromatic heterocycles. The molecule has 2 unspecified atom stereocenters. The van der Waals surface area contributed by atoms with Gasteiger partial charge in [-0.3, -0.25) is 4.90 Å². The normalized spacial score (nSPS) is 20.2. The SMILES string of the molecule is C=CCCCCCC(N(C(=O)O)C(C)(B1OC(C)(C)C(C)(C)O1)c1ccccc1)C(C)(C)C. The van der Waals surface area contributed by atoms with Gasteiger partial charge in [-0.1, -0.05) is 70.0 Å². The van der Waals surface area contributed by atoms with Gasteiger partial charge in [0.25, 0.3) is 0 Å². The highest BCUT2D eigenvalue weighted by Crippen LogP contribution is 2.47. The van der Waals surface area contributed by atoms with Crippen LogP contribution in [0.5, 0.6) is 0 Å². The van der Waals surface area contributed by atoms with Gasteiger partial charge in [-0.25, -0.2) is 4.79 Å². The minimum atomic E-state index is -1.03. The largest absolute Gasteiger partial charge is 0.490 e. The minimum Gasteiger partial charge on any atom is -0.465 e. The molecule has 184 valence electrons. The van der Waals surface area contributed by atoms with Crippen LogP contribution in [-0.2, 0) is 14.7 Å². The summed E-state index contributed by atoms with van der Waals surface area (Å²) in [5, 5.41) is 10.7. The topological polar surface area (TPSA) is 59.0 Å². The third-order valence-electron chi connectivity index (χ3n) is 7.47. The minimum absolute atomic E-state index is 0.219. The van der Waals surface area contributed by atoms with Crippen LogP contribution in [0.2, 0.25) is 0 Å². The second-order valence-corrected chi connectivity index (χ2v) is 11.6. The lowest BCUT2D eigenvalue weighted by Crippen LogP contribution is -2.63. The number of unbranched alkanes of at least 4 members (excludes halogenated alkanes) is 3. The van der Waals surface area contributed by atoms with Crippen LogP contribution in [0, 0.1) is 5.41 Å². The van der Waals surface area contributed by atoms with Gasteiger partial charge in [-0.2, -0.15) is 0 Å². The molecule has 2 rings (SSSR count). The van der Waals surface area contributed by atoms with Gasteiger partial charge in [0.05, 0.1) is 11.2 Å². The molecule has 0 radical (unpaired) electrons. The zero-order valence-corrected chi connectivity index (χ0v) is 22.0.